The molecule has 1 aromatic heterocycles. The van der Waals surface area contributed by atoms with Gasteiger partial charge in [0.05, 0.1) is 0 Å². The first-order valence-corrected chi connectivity index (χ1v) is 6.18. The Morgan fingerprint density at radius 1 is 1.47 bits per heavy atom. The standard InChI is InChI=1S/C12H19N5/c1-3-17-11(14)10(8-13)12(15-17)16-6-4-9(2)5-7-16/h9H,3-7,14H2,1-2H3. The fraction of sp³-hybridized carbons (Fsp3) is 0.667. The monoisotopic (exact) mass is 233 g/mol. The Kier molecular flexibility index (Phi) is 3.23. The van der Waals surface area contributed by atoms with E-state index in [0.717, 1.165) is 37.7 Å². The molecular formula is C12H19N5. The highest BCUT2D eigenvalue weighted by Gasteiger charge is 2.23. The van der Waals surface area contributed by atoms with Crippen molar-refractivity contribution in [1.82, 2.24) is 9.78 Å². The molecule has 0 radical (unpaired) electrons. The summed E-state index contributed by atoms with van der Waals surface area (Å²) in [6.45, 7) is 6.88. The maximum Gasteiger partial charge on any atom is 0.170 e. The number of nitrogen functional groups attached to an aromatic ring is 1. The molecule has 92 valence electrons. The van der Waals surface area contributed by atoms with Crippen molar-refractivity contribution >= 4 is 11.6 Å². The lowest BCUT2D eigenvalue weighted by Gasteiger charge is -2.30. The van der Waals surface area contributed by atoms with E-state index in [2.05, 4.69) is 23.0 Å². The van der Waals surface area contributed by atoms with E-state index in [4.69, 9.17) is 5.73 Å². The summed E-state index contributed by atoms with van der Waals surface area (Å²) in [5, 5.41) is 13.6. The molecule has 0 atom stereocenters. The molecule has 0 unspecified atom stereocenters. The van der Waals surface area contributed by atoms with Crippen LogP contribution in [0.3, 0.4) is 0 Å². The summed E-state index contributed by atoms with van der Waals surface area (Å²) in [6.07, 6.45) is 2.31. The van der Waals surface area contributed by atoms with E-state index in [1.807, 2.05) is 6.92 Å². The average Bonchev–Trinajstić information content (AvgIpc) is 2.66. The van der Waals surface area contributed by atoms with E-state index in [-0.39, 0.29) is 0 Å². The predicted molar refractivity (Wildman–Crippen MR) is 67.6 cm³/mol. The van der Waals surface area contributed by atoms with Gasteiger partial charge in [-0.05, 0) is 25.7 Å². The summed E-state index contributed by atoms with van der Waals surface area (Å²) in [5.41, 5.74) is 6.44. The third kappa shape index (κ3) is 2.07. The minimum atomic E-state index is 0.489. The number of hydrogen-bond acceptors (Lipinski definition) is 4. The van der Waals surface area contributed by atoms with Gasteiger partial charge in [-0.25, -0.2) is 4.68 Å². The van der Waals surface area contributed by atoms with Crippen molar-refractivity contribution in [2.24, 2.45) is 5.92 Å². The van der Waals surface area contributed by atoms with Crippen LogP contribution >= 0.6 is 0 Å². The molecule has 1 aromatic rings. The summed E-state index contributed by atoms with van der Waals surface area (Å²) in [5.74, 6) is 2.02. The second-order valence-corrected chi connectivity index (χ2v) is 4.68. The largest absolute Gasteiger partial charge is 0.383 e. The highest BCUT2D eigenvalue weighted by Crippen LogP contribution is 2.28. The highest BCUT2D eigenvalue weighted by atomic mass is 15.4. The Bertz CT molecular complexity index is 434. The number of nitrogens with zero attached hydrogens (tertiary/aromatic N) is 4. The summed E-state index contributed by atoms with van der Waals surface area (Å²) in [6, 6.07) is 2.18. The molecule has 0 spiro atoms. The van der Waals surface area contributed by atoms with Crippen molar-refractivity contribution < 1.29 is 0 Å². The zero-order valence-corrected chi connectivity index (χ0v) is 10.5. The predicted octanol–water partition coefficient (Wildman–Crippen LogP) is 1.59. The maximum atomic E-state index is 9.18. The first-order chi connectivity index (χ1) is 8.17. The van der Waals surface area contributed by atoms with E-state index in [1.165, 1.54) is 0 Å². The molecule has 1 aliphatic heterocycles. The molecule has 5 heteroatoms. The van der Waals surface area contributed by atoms with Crippen molar-refractivity contribution in [2.75, 3.05) is 23.7 Å². The van der Waals surface area contributed by atoms with Gasteiger partial charge >= 0.3 is 0 Å². The Labute approximate surface area is 102 Å². The quantitative estimate of drug-likeness (QED) is 0.842. The van der Waals surface area contributed by atoms with Crippen LogP contribution in [0.4, 0.5) is 11.6 Å². The summed E-state index contributed by atoms with van der Waals surface area (Å²) in [4.78, 5) is 2.18. The Morgan fingerprint density at radius 2 is 2.12 bits per heavy atom. The van der Waals surface area contributed by atoms with Crippen LogP contribution in [0, 0.1) is 17.2 Å². The van der Waals surface area contributed by atoms with Crippen molar-refractivity contribution in [3.63, 3.8) is 0 Å². The lowest BCUT2D eigenvalue weighted by Crippen LogP contribution is -2.33. The number of aromatic nitrogens is 2. The Hall–Kier alpha value is -1.70. The van der Waals surface area contributed by atoms with Gasteiger partial charge in [0, 0.05) is 19.6 Å². The molecule has 0 aromatic carbocycles. The van der Waals surface area contributed by atoms with Crippen molar-refractivity contribution in [3.8, 4) is 6.07 Å². The first-order valence-electron chi connectivity index (χ1n) is 6.18. The van der Waals surface area contributed by atoms with Crippen LogP contribution in [0.25, 0.3) is 0 Å². The third-order valence-corrected chi connectivity index (χ3v) is 3.47. The van der Waals surface area contributed by atoms with Gasteiger partial charge in [0.15, 0.2) is 5.82 Å². The van der Waals surface area contributed by atoms with E-state index in [9.17, 15) is 5.26 Å². The first kappa shape index (κ1) is 11.8. The lowest BCUT2D eigenvalue weighted by molar-refractivity contribution is 0.435. The molecule has 2 rings (SSSR count). The number of anilines is 2. The SMILES string of the molecule is CCn1nc(N2CCC(C)CC2)c(C#N)c1N. The number of piperidine rings is 1. The molecule has 0 bridgehead atoms. The van der Waals surface area contributed by atoms with E-state index < -0.39 is 0 Å². The molecule has 2 heterocycles. The van der Waals surface area contributed by atoms with Crippen LogP contribution in [-0.4, -0.2) is 22.9 Å². The van der Waals surface area contributed by atoms with Gasteiger partial charge in [-0.2, -0.15) is 10.4 Å². The zero-order chi connectivity index (χ0) is 12.4. The van der Waals surface area contributed by atoms with Crippen LogP contribution in [0.15, 0.2) is 0 Å². The van der Waals surface area contributed by atoms with Gasteiger partial charge in [0.2, 0.25) is 0 Å². The molecule has 17 heavy (non-hydrogen) atoms. The summed E-state index contributed by atoms with van der Waals surface area (Å²) in [7, 11) is 0. The molecule has 0 aliphatic carbocycles. The molecule has 1 fully saturated rings. The van der Waals surface area contributed by atoms with Crippen LogP contribution in [0.2, 0.25) is 0 Å². The van der Waals surface area contributed by atoms with Crippen LogP contribution < -0.4 is 10.6 Å². The van der Waals surface area contributed by atoms with Gasteiger partial charge in [0.25, 0.3) is 0 Å². The van der Waals surface area contributed by atoms with Gasteiger partial charge in [-0.3, -0.25) is 0 Å². The summed E-state index contributed by atoms with van der Waals surface area (Å²) >= 11 is 0. The smallest absolute Gasteiger partial charge is 0.170 e. The maximum absolute atomic E-state index is 9.18. The van der Waals surface area contributed by atoms with Gasteiger partial charge in [0.1, 0.15) is 17.5 Å². The zero-order valence-electron chi connectivity index (χ0n) is 10.5. The van der Waals surface area contributed by atoms with Gasteiger partial charge < -0.3 is 10.6 Å². The van der Waals surface area contributed by atoms with E-state index in [0.29, 0.717) is 17.9 Å². The Morgan fingerprint density at radius 3 is 2.65 bits per heavy atom. The molecule has 1 saturated heterocycles. The van der Waals surface area contributed by atoms with Crippen LogP contribution in [0.1, 0.15) is 32.3 Å². The third-order valence-electron chi connectivity index (χ3n) is 3.47. The number of nitriles is 1. The molecule has 2 N–H and O–H groups in total. The minimum absolute atomic E-state index is 0.489. The normalized spacial score (nSPS) is 17.1. The number of hydrogen-bond donors (Lipinski definition) is 1. The molecule has 1 aliphatic rings. The Balaban J connectivity index is 2.29. The molecule has 5 nitrogen and oxygen atoms in total. The number of nitrogens with two attached hydrogens (primary N) is 1. The van der Waals surface area contributed by atoms with Crippen molar-refractivity contribution in [1.29, 1.82) is 5.26 Å². The second-order valence-electron chi connectivity index (χ2n) is 4.68. The summed E-state index contributed by atoms with van der Waals surface area (Å²) < 4.78 is 1.70. The molecule has 0 amide bonds. The second kappa shape index (κ2) is 4.66. The minimum Gasteiger partial charge on any atom is -0.383 e. The van der Waals surface area contributed by atoms with Gasteiger partial charge in [-0.1, -0.05) is 6.92 Å². The number of aryl methyl sites for hydroxylation is 1. The molecular weight excluding hydrogens is 214 g/mol. The topological polar surface area (TPSA) is 70.9 Å². The average molecular weight is 233 g/mol. The fourth-order valence-corrected chi connectivity index (χ4v) is 2.25. The molecule has 0 saturated carbocycles. The number of rotatable bonds is 2. The van der Waals surface area contributed by atoms with Crippen molar-refractivity contribution in [3.05, 3.63) is 5.56 Å². The van der Waals surface area contributed by atoms with Gasteiger partial charge in [-0.15, -0.1) is 0 Å². The van der Waals surface area contributed by atoms with E-state index in [1.54, 1.807) is 4.68 Å². The van der Waals surface area contributed by atoms with Crippen LogP contribution in [0.5, 0.6) is 0 Å². The highest BCUT2D eigenvalue weighted by molar-refractivity contribution is 5.65. The van der Waals surface area contributed by atoms with Crippen molar-refractivity contribution in [2.45, 2.75) is 33.2 Å². The van der Waals surface area contributed by atoms with E-state index >= 15 is 0 Å². The lowest BCUT2D eigenvalue weighted by atomic mass is 9.99. The van der Waals surface area contributed by atoms with Crippen LogP contribution in [-0.2, 0) is 6.54 Å². The fourth-order valence-electron chi connectivity index (χ4n) is 2.25.